The van der Waals surface area contributed by atoms with E-state index >= 15 is 0 Å². The Balaban J connectivity index is 2.85. The van der Waals surface area contributed by atoms with Crippen molar-refractivity contribution in [2.24, 2.45) is 5.92 Å². The van der Waals surface area contributed by atoms with E-state index in [9.17, 15) is 4.79 Å². The molecule has 1 atom stereocenters. The van der Waals surface area contributed by atoms with E-state index in [1.807, 2.05) is 25.1 Å². The molecule has 0 bridgehead atoms. The highest BCUT2D eigenvalue weighted by molar-refractivity contribution is 9.10. The molecule has 0 saturated heterocycles. The van der Waals surface area contributed by atoms with Crippen LogP contribution < -0.4 is 5.73 Å². The number of methoxy groups -OCH3 is 1. The summed E-state index contributed by atoms with van der Waals surface area (Å²) in [7, 11) is 1.39. The summed E-state index contributed by atoms with van der Waals surface area (Å²) in [5.74, 6) is -0.402. The molecule has 0 aliphatic rings. The van der Waals surface area contributed by atoms with E-state index in [4.69, 9.17) is 5.73 Å². The highest BCUT2D eigenvalue weighted by Crippen LogP contribution is 2.25. The molecule has 0 radical (unpaired) electrons. The molecule has 15 heavy (non-hydrogen) atoms. The summed E-state index contributed by atoms with van der Waals surface area (Å²) in [5.41, 5.74) is 7.48. The number of esters is 1. The zero-order chi connectivity index (χ0) is 11.4. The molecule has 0 amide bonds. The molecule has 4 heteroatoms. The number of halogens is 1. The van der Waals surface area contributed by atoms with E-state index in [0.29, 0.717) is 12.1 Å². The van der Waals surface area contributed by atoms with Crippen molar-refractivity contribution in [1.29, 1.82) is 0 Å². The van der Waals surface area contributed by atoms with Gasteiger partial charge in [-0.15, -0.1) is 0 Å². The van der Waals surface area contributed by atoms with Crippen LogP contribution in [-0.2, 0) is 16.0 Å². The van der Waals surface area contributed by atoms with Crippen LogP contribution in [0.5, 0.6) is 0 Å². The Morgan fingerprint density at radius 2 is 2.27 bits per heavy atom. The van der Waals surface area contributed by atoms with Gasteiger partial charge in [-0.25, -0.2) is 0 Å². The van der Waals surface area contributed by atoms with Crippen molar-refractivity contribution < 1.29 is 9.53 Å². The molecule has 0 aliphatic heterocycles. The van der Waals surface area contributed by atoms with Gasteiger partial charge in [0, 0.05) is 10.2 Å². The van der Waals surface area contributed by atoms with Gasteiger partial charge in [-0.05, 0) is 24.1 Å². The molecule has 0 saturated carbocycles. The van der Waals surface area contributed by atoms with Gasteiger partial charge in [0.25, 0.3) is 0 Å². The number of ether oxygens (including phenoxy) is 1. The summed E-state index contributed by atoms with van der Waals surface area (Å²) in [5, 5.41) is 0. The minimum absolute atomic E-state index is 0.184. The topological polar surface area (TPSA) is 52.3 Å². The quantitative estimate of drug-likeness (QED) is 0.679. The van der Waals surface area contributed by atoms with E-state index in [-0.39, 0.29) is 11.9 Å². The van der Waals surface area contributed by atoms with Crippen LogP contribution in [0, 0.1) is 5.92 Å². The van der Waals surface area contributed by atoms with Crippen molar-refractivity contribution in [1.82, 2.24) is 0 Å². The largest absolute Gasteiger partial charge is 0.469 e. The molecule has 2 N–H and O–H groups in total. The predicted molar refractivity (Wildman–Crippen MR) is 63.4 cm³/mol. The summed E-state index contributed by atoms with van der Waals surface area (Å²) in [6.45, 7) is 1.82. The first-order valence-electron chi connectivity index (χ1n) is 4.67. The average Bonchev–Trinajstić information content (AvgIpc) is 2.22. The maximum atomic E-state index is 11.3. The molecule has 0 spiro atoms. The second-order valence-electron chi connectivity index (χ2n) is 3.44. The fraction of sp³-hybridized carbons (Fsp3) is 0.364. The number of anilines is 1. The zero-order valence-corrected chi connectivity index (χ0v) is 10.4. The lowest BCUT2D eigenvalue weighted by atomic mass is 10.00. The number of hydrogen-bond donors (Lipinski definition) is 1. The zero-order valence-electron chi connectivity index (χ0n) is 8.79. The van der Waals surface area contributed by atoms with E-state index in [2.05, 4.69) is 20.7 Å². The highest BCUT2D eigenvalue weighted by atomic mass is 79.9. The first-order chi connectivity index (χ1) is 7.06. The summed E-state index contributed by atoms with van der Waals surface area (Å²) >= 11 is 3.41. The minimum Gasteiger partial charge on any atom is -0.469 e. The van der Waals surface area contributed by atoms with Crippen molar-refractivity contribution >= 4 is 27.6 Å². The van der Waals surface area contributed by atoms with Gasteiger partial charge < -0.3 is 10.5 Å². The lowest BCUT2D eigenvalue weighted by Crippen LogP contribution is -2.16. The summed E-state index contributed by atoms with van der Waals surface area (Å²) in [6.07, 6.45) is 0.583. The second kappa shape index (κ2) is 5.16. The average molecular weight is 272 g/mol. The highest BCUT2D eigenvalue weighted by Gasteiger charge is 2.16. The Kier molecular flexibility index (Phi) is 4.15. The van der Waals surface area contributed by atoms with E-state index in [1.54, 1.807) is 0 Å². The predicted octanol–water partition coefficient (Wildman–Crippen LogP) is 2.38. The van der Waals surface area contributed by atoms with Gasteiger partial charge in [-0.2, -0.15) is 0 Å². The molecule has 3 nitrogen and oxygen atoms in total. The van der Waals surface area contributed by atoms with Crippen LogP contribution in [0.3, 0.4) is 0 Å². The fourth-order valence-corrected chi connectivity index (χ4v) is 1.92. The van der Waals surface area contributed by atoms with Crippen LogP contribution in [0.4, 0.5) is 5.69 Å². The molecule has 1 aromatic carbocycles. The van der Waals surface area contributed by atoms with Gasteiger partial charge in [0.05, 0.1) is 13.0 Å². The van der Waals surface area contributed by atoms with Gasteiger partial charge in [0.15, 0.2) is 0 Å². The first kappa shape index (κ1) is 12.0. The molecule has 0 heterocycles. The third kappa shape index (κ3) is 2.96. The fourth-order valence-electron chi connectivity index (χ4n) is 1.38. The Bertz CT molecular complexity index is 345. The lowest BCUT2D eigenvalue weighted by Gasteiger charge is -2.12. The number of benzene rings is 1. The van der Waals surface area contributed by atoms with E-state index in [0.717, 1.165) is 10.0 Å². The van der Waals surface area contributed by atoms with Crippen molar-refractivity contribution in [3.63, 3.8) is 0 Å². The molecular weight excluding hydrogens is 258 g/mol. The normalized spacial score (nSPS) is 12.2. The van der Waals surface area contributed by atoms with Gasteiger partial charge in [-0.1, -0.05) is 28.9 Å². The third-order valence-electron chi connectivity index (χ3n) is 2.27. The van der Waals surface area contributed by atoms with Crippen molar-refractivity contribution in [3.8, 4) is 0 Å². The van der Waals surface area contributed by atoms with Gasteiger partial charge in [-0.3, -0.25) is 4.79 Å². The number of carbonyl (C=O) groups excluding carboxylic acids is 1. The number of nitrogen functional groups attached to an aromatic ring is 1. The Hall–Kier alpha value is -1.03. The van der Waals surface area contributed by atoms with E-state index < -0.39 is 0 Å². The van der Waals surface area contributed by atoms with Crippen LogP contribution in [-0.4, -0.2) is 13.1 Å². The Labute approximate surface area is 97.7 Å². The van der Waals surface area contributed by atoms with Crippen LogP contribution in [0.1, 0.15) is 12.5 Å². The first-order valence-corrected chi connectivity index (χ1v) is 5.46. The number of hydrogen-bond acceptors (Lipinski definition) is 3. The van der Waals surface area contributed by atoms with Crippen LogP contribution >= 0.6 is 15.9 Å². The van der Waals surface area contributed by atoms with Gasteiger partial charge in [0.1, 0.15) is 0 Å². The Morgan fingerprint density at radius 1 is 1.60 bits per heavy atom. The van der Waals surface area contributed by atoms with Crippen molar-refractivity contribution in [3.05, 3.63) is 28.2 Å². The van der Waals surface area contributed by atoms with Crippen LogP contribution in [0.15, 0.2) is 22.7 Å². The van der Waals surface area contributed by atoms with Crippen LogP contribution in [0.25, 0.3) is 0 Å². The molecule has 82 valence electrons. The van der Waals surface area contributed by atoms with Crippen LogP contribution in [0.2, 0.25) is 0 Å². The number of rotatable bonds is 3. The summed E-state index contributed by atoms with van der Waals surface area (Å²) in [6, 6.07) is 5.60. The monoisotopic (exact) mass is 271 g/mol. The smallest absolute Gasteiger partial charge is 0.308 e. The maximum absolute atomic E-state index is 11.3. The molecule has 0 fully saturated rings. The second-order valence-corrected chi connectivity index (χ2v) is 4.29. The number of nitrogens with two attached hydrogens (primary N) is 1. The molecule has 1 aromatic rings. The minimum atomic E-state index is -0.217. The standard InChI is InChI=1S/C11H14BrNO2/c1-7(11(14)15-2)6-8-9(12)4-3-5-10(8)13/h3-5,7H,6,13H2,1-2H3. The molecular formula is C11H14BrNO2. The Morgan fingerprint density at radius 3 is 2.80 bits per heavy atom. The van der Waals surface area contributed by atoms with Gasteiger partial charge in [0.2, 0.25) is 0 Å². The molecule has 1 rings (SSSR count). The summed E-state index contributed by atoms with van der Waals surface area (Å²) < 4.78 is 5.60. The molecule has 0 aliphatic carbocycles. The van der Waals surface area contributed by atoms with Gasteiger partial charge >= 0.3 is 5.97 Å². The van der Waals surface area contributed by atoms with Crippen molar-refractivity contribution in [2.75, 3.05) is 12.8 Å². The maximum Gasteiger partial charge on any atom is 0.308 e. The molecule has 0 aromatic heterocycles. The third-order valence-corrected chi connectivity index (χ3v) is 3.01. The summed E-state index contributed by atoms with van der Waals surface area (Å²) in [4.78, 5) is 11.3. The molecule has 1 unspecified atom stereocenters. The lowest BCUT2D eigenvalue weighted by molar-refractivity contribution is -0.144. The van der Waals surface area contributed by atoms with E-state index in [1.165, 1.54) is 7.11 Å². The van der Waals surface area contributed by atoms with Crippen molar-refractivity contribution in [2.45, 2.75) is 13.3 Å². The number of carbonyl (C=O) groups is 1. The SMILES string of the molecule is COC(=O)C(C)Cc1c(N)cccc1Br.